The number of rotatable bonds is 8. The van der Waals surface area contributed by atoms with Crippen LogP contribution in [0.4, 0.5) is 33.5 Å². The van der Waals surface area contributed by atoms with Crippen molar-refractivity contribution in [2.45, 2.75) is 45.3 Å². The number of hydrogen-bond acceptors (Lipinski definition) is 6. The fourth-order valence-electron chi connectivity index (χ4n) is 4.26. The van der Waals surface area contributed by atoms with Crippen LogP contribution in [0.25, 0.3) is 11.2 Å². The van der Waals surface area contributed by atoms with E-state index in [9.17, 15) is 26.7 Å². The maximum Gasteiger partial charge on any atom is 0.419 e. The van der Waals surface area contributed by atoms with Crippen LogP contribution < -0.4 is 9.80 Å². The van der Waals surface area contributed by atoms with E-state index in [1.807, 2.05) is 11.8 Å². The second kappa shape index (κ2) is 9.70. The molecular formula is C22H24F5N7O. The third-order valence-electron chi connectivity index (χ3n) is 6.43. The lowest BCUT2D eigenvalue weighted by atomic mass is 9.77. The SMILES string of the molecule is CC1(CCN(C=O)c2ccncc2C(F)(F)F)CCN(c2cnc3cnn(CC(F)F)c3n2)CC1. The minimum Gasteiger partial charge on any atom is -0.355 e. The highest BCUT2D eigenvalue weighted by molar-refractivity contribution is 5.77. The third-order valence-corrected chi connectivity index (χ3v) is 6.43. The van der Waals surface area contributed by atoms with Crippen molar-refractivity contribution in [2.75, 3.05) is 29.4 Å². The van der Waals surface area contributed by atoms with Gasteiger partial charge in [0.05, 0.1) is 23.6 Å². The molecule has 0 bridgehead atoms. The van der Waals surface area contributed by atoms with Crippen molar-refractivity contribution in [3.63, 3.8) is 0 Å². The smallest absolute Gasteiger partial charge is 0.355 e. The first-order valence-corrected chi connectivity index (χ1v) is 11.0. The van der Waals surface area contributed by atoms with Crippen LogP contribution in [0, 0.1) is 5.41 Å². The Hall–Kier alpha value is -3.38. The first-order valence-electron chi connectivity index (χ1n) is 11.0. The van der Waals surface area contributed by atoms with Crippen LogP contribution in [0.2, 0.25) is 0 Å². The Labute approximate surface area is 197 Å². The molecular weight excluding hydrogens is 473 g/mol. The van der Waals surface area contributed by atoms with Crippen LogP contribution in [0.3, 0.4) is 0 Å². The van der Waals surface area contributed by atoms with Gasteiger partial charge in [-0.05, 0) is 30.7 Å². The van der Waals surface area contributed by atoms with Crippen molar-refractivity contribution in [1.29, 1.82) is 0 Å². The van der Waals surface area contributed by atoms with Crippen LogP contribution in [0.1, 0.15) is 31.7 Å². The van der Waals surface area contributed by atoms with E-state index in [0.717, 1.165) is 15.8 Å². The molecule has 1 fully saturated rings. The van der Waals surface area contributed by atoms with Crippen LogP contribution in [-0.2, 0) is 17.5 Å². The molecule has 1 aliphatic rings. The molecule has 4 heterocycles. The summed E-state index contributed by atoms with van der Waals surface area (Å²) in [5.41, 5.74) is -0.659. The van der Waals surface area contributed by atoms with E-state index in [1.54, 1.807) is 6.20 Å². The number of pyridine rings is 1. The van der Waals surface area contributed by atoms with Gasteiger partial charge >= 0.3 is 6.18 Å². The molecule has 3 aromatic heterocycles. The van der Waals surface area contributed by atoms with Gasteiger partial charge in [-0.25, -0.2) is 23.4 Å². The molecule has 0 radical (unpaired) electrons. The summed E-state index contributed by atoms with van der Waals surface area (Å²) in [7, 11) is 0. The number of fused-ring (bicyclic) bond motifs is 1. The number of hydrogen-bond donors (Lipinski definition) is 0. The summed E-state index contributed by atoms with van der Waals surface area (Å²) in [6.45, 7) is 2.80. The summed E-state index contributed by atoms with van der Waals surface area (Å²) in [4.78, 5) is 27.0. The maximum absolute atomic E-state index is 13.3. The Morgan fingerprint density at radius 1 is 1.20 bits per heavy atom. The number of nitrogens with zero attached hydrogens (tertiary/aromatic N) is 7. The van der Waals surface area contributed by atoms with Gasteiger partial charge in [0, 0.05) is 32.0 Å². The molecule has 1 saturated heterocycles. The minimum atomic E-state index is -4.62. The van der Waals surface area contributed by atoms with E-state index < -0.39 is 24.7 Å². The maximum atomic E-state index is 13.3. The Kier molecular flexibility index (Phi) is 6.86. The number of piperidine rings is 1. The van der Waals surface area contributed by atoms with Crippen LogP contribution in [0.5, 0.6) is 0 Å². The fraction of sp³-hybridized carbons (Fsp3) is 0.500. The molecule has 0 atom stereocenters. The summed E-state index contributed by atoms with van der Waals surface area (Å²) in [6.07, 6.45) is 0.0712. The zero-order valence-corrected chi connectivity index (χ0v) is 18.9. The first kappa shape index (κ1) is 24.7. The van der Waals surface area contributed by atoms with Gasteiger partial charge in [0.1, 0.15) is 17.9 Å². The second-order valence-electron chi connectivity index (χ2n) is 8.89. The Bertz CT molecular complexity index is 1170. The van der Waals surface area contributed by atoms with E-state index in [2.05, 4.69) is 20.1 Å². The topological polar surface area (TPSA) is 80.0 Å². The fourth-order valence-corrected chi connectivity index (χ4v) is 4.26. The van der Waals surface area contributed by atoms with Gasteiger partial charge in [0.15, 0.2) is 5.65 Å². The summed E-state index contributed by atoms with van der Waals surface area (Å²) in [5, 5.41) is 3.93. The predicted molar refractivity (Wildman–Crippen MR) is 118 cm³/mol. The number of carbonyl (C=O) groups excluding carboxylic acids is 1. The van der Waals surface area contributed by atoms with Crippen molar-refractivity contribution in [1.82, 2.24) is 24.7 Å². The minimum absolute atomic E-state index is 0.131. The Morgan fingerprint density at radius 2 is 1.94 bits per heavy atom. The molecule has 0 saturated carbocycles. The zero-order valence-electron chi connectivity index (χ0n) is 18.9. The highest BCUT2D eigenvalue weighted by Gasteiger charge is 2.36. The van der Waals surface area contributed by atoms with Crippen molar-refractivity contribution in [3.05, 3.63) is 36.4 Å². The number of amides is 1. The molecule has 0 aromatic carbocycles. The molecule has 0 unspecified atom stereocenters. The van der Waals surface area contributed by atoms with Crippen LogP contribution in [0.15, 0.2) is 30.9 Å². The van der Waals surface area contributed by atoms with Gasteiger partial charge in [0.25, 0.3) is 6.43 Å². The van der Waals surface area contributed by atoms with Gasteiger partial charge in [-0.1, -0.05) is 6.92 Å². The normalized spacial score (nSPS) is 16.1. The number of aromatic nitrogens is 5. The van der Waals surface area contributed by atoms with Gasteiger partial charge < -0.3 is 9.80 Å². The molecule has 188 valence electrons. The average Bonchev–Trinajstić information content (AvgIpc) is 3.21. The van der Waals surface area contributed by atoms with Gasteiger partial charge in [-0.15, -0.1) is 0 Å². The molecule has 35 heavy (non-hydrogen) atoms. The van der Waals surface area contributed by atoms with E-state index in [1.165, 1.54) is 18.5 Å². The number of carbonyl (C=O) groups is 1. The largest absolute Gasteiger partial charge is 0.419 e. The van der Waals surface area contributed by atoms with Gasteiger partial charge in [-0.3, -0.25) is 9.78 Å². The molecule has 13 heteroatoms. The summed E-state index contributed by atoms with van der Waals surface area (Å²) in [6, 6.07) is 1.19. The molecule has 3 aromatic rings. The van der Waals surface area contributed by atoms with Crippen molar-refractivity contribution in [2.24, 2.45) is 5.41 Å². The highest BCUT2D eigenvalue weighted by atomic mass is 19.4. The number of alkyl halides is 5. The van der Waals surface area contributed by atoms with Crippen LogP contribution >= 0.6 is 0 Å². The standard InChI is InChI=1S/C22H24F5N7O/c1-21(5-9-33(14-35)17-2-6-28-10-15(17)22(25,26)27)3-7-32(8-4-21)19-12-29-16-11-30-34(13-18(23)24)20(16)31-19/h2,6,10-12,14,18H,3-5,7-9,13H2,1H3. The lowest BCUT2D eigenvalue weighted by Crippen LogP contribution is -2.41. The predicted octanol–water partition coefficient (Wildman–Crippen LogP) is 4.16. The molecule has 4 rings (SSSR count). The lowest BCUT2D eigenvalue weighted by molar-refractivity contribution is -0.137. The lowest BCUT2D eigenvalue weighted by Gasteiger charge is -2.40. The Balaban J connectivity index is 1.41. The number of halogens is 5. The van der Waals surface area contributed by atoms with E-state index >= 15 is 0 Å². The third kappa shape index (κ3) is 5.49. The van der Waals surface area contributed by atoms with Gasteiger partial charge in [0.2, 0.25) is 6.41 Å². The molecule has 0 aliphatic carbocycles. The molecule has 1 aliphatic heterocycles. The van der Waals surface area contributed by atoms with E-state index in [4.69, 9.17) is 0 Å². The molecule has 0 N–H and O–H groups in total. The van der Waals surface area contributed by atoms with E-state index in [-0.39, 0.29) is 23.3 Å². The van der Waals surface area contributed by atoms with Crippen molar-refractivity contribution >= 4 is 29.1 Å². The number of anilines is 2. The zero-order chi connectivity index (χ0) is 25.2. The summed E-state index contributed by atoms with van der Waals surface area (Å²) in [5.74, 6) is 0.552. The summed E-state index contributed by atoms with van der Waals surface area (Å²) < 4.78 is 66.8. The quantitative estimate of drug-likeness (QED) is 0.344. The molecule has 1 amide bonds. The molecule has 8 nitrogen and oxygen atoms in total. The van der Waals surface area contributed by atoms with E-state index in [0.29, 0.717) is 50.1 Å². The van der Waals surface area contributed by atoms with Crippen LogP contribution in [-0.4, -0.2) is 57.2 Å². The van der Waals surface area contributed by atoms with Crippen molar-refractivity contribution in [3.8, 4) is 0 Å². The van der Waals surface area contributed by atoms with Gasteiger partial charge in [-0.2, -0.15) is 18.3 Å². The van der Waals surface area contributed by atoms with Crippen molar-refractivity contribution < 1.29 is 26.7 Å². The molecule has 0 spiro atoms. The average molecular weight is 497 g/mol. The summed E-state index contributed by atoms with van der Waals surface area (Å²) >= 11 is 0. The first-order chi connectivity index (χ1) is 16.6. The monoisotopic (exact) mass is 497 g/mol. The highest BCUT2D eigenvalue weighted by Crippen LogP contribution is 2.38. The second-order valence-corrected chi connectivity index (χ2v) is 8.89. The Morgan fingerprint density at radius 3 is 2.60 bits per heavy atom.